The Morgan fingerprint density at radius 1 is 1.13 bits per heavy atom. The zero-order chi connectivity index (χ0) is 16.3. The molecule has 0 N–H and O–H groups in total. The number of hydrogen-bond acceptors (Lipinski definition) is 3. The van der Waals surface area contributed by atoms with Gasteiger partial charge in [-0.2, -0.15) is 0 Å². The van der Waals surface area contributed by atoms with Gasteiger partial charge in [0, 0.05) is 38.0 Å². The van der Waals surface area contributed by atoms with Crippen molar-refractivity contribution >= 4 is 12.0 Å². The highest BCUT2D eigenvalue weighted by atomic mass is 16.6. The highest BCUT2D eigenvalue weighted by Crippen LogP contribution is 2.33. The van der Waals surface area contributed by atoms with Gasteiger partial charge in [0.25, 0.3) is 0 Å². The highest BCUT2D eigenvalue weighted by molar-refractivity contribution is 5.77. The molecule has 0 radical (unpaired) electrons. The number of rotatable bonds is 4. The van der Waals surface area contributed by atoms with Gasteiger partial charge in [-0.15, -0.1) is 0 Å². The maximum absolute atomic E-state index is 12.3. The van der Waals surface area contributed by atoms with Gasteiger partial charge in [-0.3, -0.25) is 4.79 Å². The first-order valence-corrected chi connectivity index (χ1v) is 8.33. The lowest BCUT2D eigenvalue weighted by molar-refractivity contribution is -0.135. The lowest BCUT2D eigenvalue weighted by atomic mass is 9.76. The second-order valence-electron chi connectivity index (χ2n) is 6.70. The van der Waals surface area contributed by atoms with Crippen molar-refractivity contribution in [1.82, 2.24) is 9.80 Å². The first-order valence-electron chi connectivity index (χ1n) is 8.33. The smallest absolute Gasteiger partial charge is 0.409 e. The molecule has 0 spiro atoms. The standard InChI is InChI=1S/C18H24N2O3/c1-18(15-6-3-2-4-7-15)9-8-16(21)20(14-18)12-11-19-10-5-13-23-17(19)22/h2-4,6-7H,5,8-14H2,1H3/t18-/m1/s1. The molecule has 2 saturated heterocycles. The van der Waals surface area contributed by atoms with E-state index in [-0.39, 0.29) is 17.4 Å². The zero-order valence-electron chi connectivity index (χ0n) is 13.7. The predicted molar refractivity (Wildman–Crippen MR) is 87.1 cm³/mol. The summed E-state index contributed by atoms with van der Waals surface area (Å²) >= 11 is 0. The van der Waals surface area contributed by atoms with Crippen molar-refractivity contribution in [2.24, 2.45) is 0 Å². The molecule has 0 unspecified atom stereocenters. The Morgan fingerprint density at radius 2 is 1.87 bits per heavy atom. The van der Waals surface area contributed by atoms with E-state index >= 15 is 0 Å². The largest absolute Gasteiger partial charge is 0.449 e. The summed E-state index contributed by atoms with van der Waals surface area (Å²) in [6.07, 6.45) is 2.04. The number of likely N-dealkylation sites (tertiary alicyclic amines) is 1. The van der Waals surface area contributed by atoms with Gasteiger partial charge in [0.1, 0.15) is 0 Å². The molecule has 5 heteroatoms. The number of carbonyl (C=O) groups is 2. The maximum atomic E-state index is 12.3. The molecular formula is C18H24N2O3. The lowest BCUT2D eigenvalue weighted by Crippen LogP contribution is -2.51. The Bertz CT molecular complexity index is 575. The van der Waals surface area contributed by atoms with Gasteiger partial charge in [0.05, 0.1) is 6.61 Å². The Hall–Kier alpha value is -2.04. The maximum Gasteiger partial charge on any atom is 0.409 e. The van der Waals surface area contributed by atoms with Crippen LogP contribution in [0.15, 0.2) is 30.3 Å². The summed E-state index contributed by atoms with van der Waals surface area (Å²) < 4.78 is 5.05. The van der Waals surface area contributed by atoms with Crippen LogP contribution in [0.25, 0.3) is 0 Å². The van der Waals surface area contributed by atoms with Crippen molar-refractivity contribution in [3.8, 4) is 0 Å². The van der Waals surface area contributed by atoms with Crippen molar-refractivity contribution < 1.29 is 14.3 Å². The molecule has 0 aromatic heterocycles. The molecule has 0 saturated carbocycles. The number of carbonyl (C=O) groups excluding carboxylic acids is 2. The summed E-state index contributed by atoms with van der Waals surface area (Å²) in [5, 5.41) is 0. The van der Waals surface area contributed by atoms with E-state index in [1.807, 2.05) is 23.1 Å². The van der Waals surface area contributed by atoms with Gasteiger partial charge in [-0.1, -0.05) is 37.3 Å². The van der Waals surface area contributed by atoms with Gasteiger partial charge < -0.3 is 14.5 Å². The van der Waals surface area contributed by atoms with Crippen molar-refractivity contribution in [3.63, 3.8) is 0 Å². The van der Waals surface area contributed by atoms with Gasteiger partial charge in [-0.05, 0) is 18.4 Å². The predicted octanol–water partition coefficient (Wildman–Crippen LogP) is 2.41. The molecule has 2 amide bonds. The number of ether oxygens (including phenoxy) is 1. The number of piperidine rings is 1. The summed E-state index contributed by atoms with van der Waals surface area (Å²) in [5.74, 6) is 0.184. The van der Waals surface area contributed by atoms with E-state index in [0.717, 1.165) is 19.4 Å². The third kappa shape index (κ3) is 3.49. The molecule has 1 atom stereocenters. The summed E-state index contributed by atoms with van der Waals surface area (Å²) in [6.45, 7) is 5.28. The molecule has 23 heavy (non-hydrogen) atoms. The van der Waals surface area contributed by atoms with Crippen LogP contribution in [0.5, 0.6) is 0 Å². The van der Waals surface area contributed by atoms with Crippen LogP contribution in [0.3, 0.4) is 0 Å². The fourth-order valence-corrected chi connectivity index (χ4v) is 3.45. The first-order chi connectivity index (χ1) is 11.1. The first kappa shape index (κ1) is 15.8. The van der Waals surface area contributed by atoms with E-state index in [2.05, 4.69) is 19.1 Å². The quantitative estimate of drug-likeness (QED) is 0.857. The summed E-state index contributed by atoms with van der Waals surface area (Å²) in [6, 6.07) is 10.4. The molecule has 2 aliphatic heterocycles. The van der Waals surface area contributed by atoms with Crippen molar-refractivity contribution in [1.29, 1.82) is 0 Å². The minimum atomic E-state index is -0.258. The van der Waals surface area contributed by atoms with Gasteiger partial charge >= 0.3 is 6.09 Å². The zero-order valence-corrected chi connectivity index (χ0v) is 13.7. The van der Waals surface area contributed by atoms with Crippen LogP contribution in [-0.4, -0.2) is 54.6 Å². The Morgan fingerprint density at radius 3 is 2.61 bits per heavy atom. The Labute approximate surface area is 137 Å². The fraction of sp³-hybridized carbons (Fsp3) is 0.556. The normalized spacial score (nSPS) is 25.4. The molecule has 1 aromatic carbocycles. The minimum absolute atomic E-state index is 0.0163. The molecule has 0 bridgehead atoms. The van der Waals surface area contributed by atoms with Gasteiger partial charge in [0.15, 0.2) is 0 Å². The molecule has 2 heterocycles. The van der Waals surface area contributed by atoms with E-state index in [0.29, 0.717) is 32.7 Å². The summed E-state index contributed by atoms with van der Waals surface area (Å²) in [7, 11) is 0. The van der Waals surface area contributed by atoms with Crippen LogP contribution < -0.4 is 0 Å². The number of amides is 2. The average molecular weight is 316 g/mol. The second kappa shape index (κ2) is 6.60. The molecular weight excluding hydrogens is 292 g/mol. The van der Waals surface area contributed by atoms with E-state index in [1.54, 1.807) is 4.90 Å². The van der Waals surface area contributed by atoms with Gasteiger partial charge in [0.2, 0.25) is 5.91 Å². The number of benzene rings is 1. The third-order valence-electron chi connectivity index (χ3n) is 4.95. The van der Waals surface area contributed by atoms with Crippen molar-refractivity contribution in [2.75, 3.05) is 32.8 Å². The second-order valence-corrected chi connectivity index (χ2v) is 6.70. The topological polar surface area (TPSA) is 49.9 Å². The molecule has 2 fully saturated rings. The van der Waals surface area contributed by atoms with Crippen molar-refractivity contribution in [2.45, 2.75) is 31.6 Å². The summed E-state index contributed by atoms with van der Waals surface area (Å²) in [4.78, 5) is 27.6. The monoisotopic (exact) mass is 316 g/mol. The molecule has 3 rings (SSSR count). The van der Waals surface area contributed by atoms with E-state index in [9.17, 15) is 9.59 Å². The van der Waals surface area contributed by atoms with Crippen LogP contribution in [0.1, 0.15) is 31.7 Å². The molecule has 1 aromatic rings. The summed E-state index contributed by atoms with van der Waals surface area (Å²) in [5.41, 5.74) is 1.26. The molecule has 0 aliphatic carbocycles. The van der Waals surface area contributed by atoms with Crippen LogP contribution in [0.4, 0.5) is 4.79 Å². The van der Waals surface area contributed by atoms with Gasteiger partial charge in [-0.25, -0.2) is 4.79 Å². The van der Waals surface area contributed by atoms with E-state index < -0.39 is 0 Å². The number of cyclic esters (lactones) is 1. The Kier molecular flexibility index (Phi) is 4.55. The van der Waals surface area contributed by atoms with Crippen LogP contribution in [0, 0.1) is 0 Å². The number of nitrogens with zero attached hydrogens (tertiary/aromatic N) is 2. The van der Waals surface area contributed by atoms with Crippen LogP contribution in [-0.2, 0) is 14.9 Å². The van der Waals surface area contributed by atoms with Crippen LogP contribution in [0.2, 0.25) is 0 Å². The minimum Gasteiger partial charge on any atom is -0.449 e. The van der Waals surface area contributed by atoms with E-state index in [1.165, 1.54) is 5.56 Å². The number of hydrogen-bond donors (Lipinski definition) is 0. The Balaban J connectivity index is 1.64. The van der Waals surface area contributed by atoms with Crippen LogP contribution >= 0.6 is 0 Å². The molecule has 2 aliphatic rings. The molecule has 124 valence electrons. The highest BCUT2D eigenvalue weighted by Gasteiger charge is 2.36. The SMILES string of the molecule is C[C@@]1(c2ccccc2)CCC(=O)N(CCN2CCCOC2=O)C1. The average Bonchev–Trinajstić information content (AvgIpc) is 2.58. The van der Waals surface area contributed by atoms with E-state index in [4.69, 9.17) is 4.74 Å². The lowest BCUT2D eigenvalue weighted by Gasteiger charge is -2.41. The fourth-order valence-electron chi connectivity index (χ4n) is 3.45. The van der Waals surface area contributed by atoms with Crippen molar-refractivity contribution in [3.05, 3.63) is 35.9 Å². The third-order valence-corrected chi connectivity index (χ3v) is 4.95. The molecule has 5 nitrogen and oxygen atoms in total.